The van der Waals surface area contributed by atoms with Crippen molar-refractivity contribution in [2.24, 2.45) is 0 Å². The number of halogens is 3. The van der Waals surface area contributed by atoms with Gasteiger partial charge in [0.05, 0.1) is 23.4 Å². The second kappa shape index (κ2) is 10.6. The van der Waals surface area contributed by atoms with Gasteiger partial charge in [0, 0.05) is 23.7 Å². The van der Waals surface area contributed by atoms with Crippen LogP contribution in [0.1, 0.15) is 11.3 Å². The number of thiazole rings is 2. The van der Waals surface area contributed by atoms with Crippen molar-refractivity contribution < 1.29 is 22.7 Å². The summed E-state index contributed by atoms with van der Waals surface area (Å²) in [6, 6.07) is 5.75. The van der Waals surface area contributed by atoms with E-state index in [9.17, 15) is 18.0 Å². The van der Waals surface area contributed by atoms with E-state index < -0.39 is 5.51 Å². The van der Waals surface area contributed by atoms with Crippen LogP contribution in [0.5, 0.6) is 5.19 Å². The molecule has 0 amide bonds. The highest BCUT2D eigenvalue weighted by atomic mass is 32.2. The third-order valence-corrected chi connectivity index (χ3v) is 6.12. The summed E-state index contributed by atoms with van der Waals surface area (Å²) in [5.74, 6) is 0. The summed E-state index contributed by atoms with van der Waals surface area (Å²) in [5, 5.41) is 6.63. The number of aromatic nitrogens is 2. The Morgan fingerprint density at radius 2 is 1.93 bits per heavy atom. The van der Waals surface area contributed by atoms with Crippen LogP contribution in [0.3, 0.4) is 0 Å². The number of aldehydes is 1. The SMILES string of the molecule is CNc1nc(-c2sc(OC)nc2C)cs1.O=CCc1ccc(SC(F)(F)F)cc1. The van der Waals surface area contributed by atoms with Gasteiger partial charge < -0.3 is 14.8 Å². The van der Waals surface area contributed by atoms with E-state index in [1.54, 1.807) is 18.4 Å². The number of anilines is 1. The molecule has 3 rings (SSSR count). The summed E-state index contributed by atoms with van der Waals surface area (Å²) in [7, 11) is 3.49. The summed E-state index contributed by atoms with van der Waals surface area (Å²) < 4.78 is 40.8. The van der Waals surface area contributed by atoms with Crippen molar-refractivity contribution >= 4 is 45.9 Å². The molecule has 0 fully saturated rings. The molecular formula is C18H18F3N3O2S3. The molecule has 29 heavy (non-hydrogen) atoms. The average Bonchev–Trinajstić information content (AvgIpc) is 3.29. The van der Waals surface area contributed by atoms with Crippen LogP contribution in [0, 0.1) is 6.92 Å². The molecule has 11 heteroatoms. The predicted octanol–water partition coefficient (Wildman–Crippen LogP) is 5.67. The number of alkyl halides is 3. The zero-order valence-corrected chi connectivity index (χ0v) is 18.2. The number of benzene rings is 1. The number of ether oxygens (including phenoxy) is 1. The number of hydrogen-bond donors (Lipinski definition) is 1. The third-order valence-electron chi connectivity index (χ3n) is 3.38. The largest absolute Gasteiger partial charge is 0.473 e. The molecule has 0 saturated carbocycles. The Bertz CT molecular complexity index is 925. The first-order valence-electron chi connectivity index (χ1n) is 8.19. The second-order valence-electron chi connectivity index (χ2n) is 5.45. The molecule has 0 aliphatic carbocycles. The summed E-state index contributed by atoms with van der Waals surface area (Å²) in [6.45, 7) is 1.97. The molecule has 0 spiro atoms. The maximum atomic E-state index is 11.9. The number of aryl methyl sites for hydroxylation is 1. The molecule has 156 valence electrons. The zero-order valence-electron chi connectivity index (χ0n) is 15.7. The number of thioether (sulfide) groups is 1. The quantitative estimate of drug-likeness (QED) is 0.377. The highest BCUT2D eigenvalue weighted by Gasteiger charge is 2.28. The van der Waals surface area contributed by atoms with Gasteiger partial charge in [-0.1, -0.05) is 23.5 Å². The summed E-state index contributed by atoms with van der Waals surface area (Å²) in [5.41, 5.74) is -1.62. The highest BCUT2D eigenvalue weighted by Crippen LogP contribution is 2.37. The van der Waals surface area contributed by atoms with Gasteiger partial charge in [0.25, 0.3) is 5.19 Å². The number of carbonyl (C=O) groups excluding carboxylic acids is 1. The van der Waals surface area contributed by atoms with Crippen LogP contribution in [0.4, 0.5) is 18.3 Å². The van der Waals surface area contributed by atoms with Gasteiger partial charge in [-0.3, -0.25) is 0 Å². The fourth-order valence-electron chi connectivity index (χ4n) is 2.11. The van der Waals surface area contributed by atoms with Crippen molar-refractivity contribution in [1.29, 1.82) is 0 Å². The Morgan fingerprint density at radius 3 is 2.41 bits per heavy atom. The summed E-state index contributed by atoms with van der Waals surface area (Å²) >= 11 is 2.94. The number of rotatable bonds is 6. The maximum Gasteiger partial charge on any atom is 0.446 e. The molecule has 3 aromatic rings. The monoisotopic (exact) mass is 461 g/mol. The first-order chi connectivity index (χ1) is 13.8. The number of methoxy groups -OCH3 is 1. The van der Waals surface area contributed by atoms with Crippen molar-refractivity contribution in [2.75, 3.05) is 19.5 Å². The van der Waals surface area contributed by atoms with E-state index in [1.807, 2.05) is 19.4 Å². The lowest BCUT2D eigenvalue weighted by Crippen LogP contribution is -1.98. The van der Waals surface area contributed by atoms with Gasteiger partial charge in [-0.15, -0.1) is 11.3 Å². The van der Waals surface area contributed by atoms with E-state index in [2.05, 4.69) is 15.3 Å². The lowest BCUT2D eigenvalue weighted by Gasteiger charge is -2.05. The van der Waals surface area contributed by atoms with Gasteiger partial charge in [-0.05, 0) is 36.4 Å². The van der Waals surface area contributed by atoms with E-state index in [4.69, 9.17) is 4.74 Å². The van der Waals surface area contributed by atoms with E-state index in [1.165, 1.54) is 35.6 Å². The molecule has 0 bridgehead atoms. The fourth-order valence-corrected chi connectivity index (χ4v) is 4.23. The Hall–Kier alpha value is -2.11. The standard InChI is InChI=1S/C9H7F3OS.C9H11N3OS2/c10-9(11,12)14-8-3-1-7(2-4-8)5-6-13;1-5-7(15-9(11-5)13-3)6-4-14-8(10-2)12-6/h1-4,6H,5H2;4H,1-3H3,(H,10,12). The van der Waals surface area contributed by atoms with Gasteiger partial charge in [0.1, 0.15) is 6.29 Å². The summed E-state index contributed by atoms with van der Waals surface area (Å²) in [4.78, 5) is 20.0. The molecule has 2 heterocycles. The third kappa shape index (κ3) is 7.33. The van der Waals surface area contributed by atoms with Crippen LogP contribution >= 0.6 is 34.4 Å². The van der Waals surface area contributed by atoms with E-state index in [-0.39, 0.29) is 23.1 Å². The van der Waals surface area contributed by atoms with Crippen LogP contribution in [-0.4, -0.2) is 35.9 Å². The van der Waals surface area contributed by atoms with Crippen LogP contribution in [-0.2, 0) is 11.2 Å². The molecule has 0 aliphatic rings. The molecule has 2 aromatic heterocycles. The minimum absolute atomic E-state index is 0.132. The van der Waals surface area contributed by atoms with Gasteiger partial charge >= 0.3 is 5.51 Å². The number of carbonyl (C=O) groups is 1. The smallest absolute Gasteiger partial charge is 0.446 e. The fraction of sp³-hybridized carbons (Fsp3) is 0.278. The highest BCUT2D eigenvalue weighted by molar-refractivity contribution is 8.00. The first kappa shape index (κ1) is 23.2. The predicted molar refractivity (Wildman–Crippen MR) is 112 cm³/mol. The number of hydrogen-bond acceptors (Lipinski definition) is 8. The van der Waals surface area contributed by atoms with Gasteiger partial charge in [-0.25, -0.2) is 9.97 Å². The van der Waals surface area contributed by atoms with Crippen LogP contribution < -0.4 is 10.1 Å². The maximum absolute atomic E-state index is 11.9. The number of nitrogens with one attached hydrogen (secondary N) is 1. The van der Waals surface area contributed by atoms with Crippen LogP contribution in [0.2, 0.25) is 0 Å². The van der Waals surface area contributed by atoms with Crippen molar-refractivity contribution in [1.82, 2.24) is 9.97 Å². The Morgan fingerprint density at radius 1 is 1.24 bits per heavy atom. The molecule has 5 nitrogen and oxygen atoms in total. The molecule has 1 N–H and O–H groups in total. The molecule has 0 unspecified atom stereocenters. The zero-order chi connectivity index (χ0) is 21.4. The minimum Gasteiger partial charge on any atom is -0.473 e. The molecular weight excluding hydrogens is 443 g/mol. The first-order valence-corrected chi connectivity index (χ1v) is 10.7. The Balaban J connectivity index is 0.000000208. The molecule has 0 aliphatic heterocycles. The van der Waals surface area contributed by atoms with E-state index in [0.29, 0.717) is 17.0 Å². The molecule has 0 saturated heterocycles. The lowest BCUT2D eigenvalue weighted by atomic mass is 10.2. The second-order valence-corrected chi connectivity index (χ2v) is 8.41. The summed E-state index contributed by atoms with van der Waals surface area (Å²) in [6.07, 6.45) is 0.947. The van der Waals surface area contributed by atoms with Crippen molar-refractivity contribution in [3.63, 3.8) is 0 Å². The van der Waals surface area contributed by atoms with Crippen molar-refractivity contribution in [3.05, 3.63) is 40.9 Å². The van der Waals surface area contributed by atoms with Crippen LogP contribution in [0.25, 0.3) is 10.6 Å². The van der Waals surface area contributed by atoms with Gasteiger partial charge in [-0.2, -0.15) is 13.2 Å². The lowest BCUT2D eigenvalue weighted by molar-refractivity contribution is -0.107. The van der Waals surface area contributed by atoms with Gasteiger partial charge in [0.15, 0.2) is 5.13 Å². The van der Waals surface area contributed by atoms with E-state index >= 15 is 0 Å². The van der Waals surface area contributed by atoms with E-state index in [0.717, 1.165) is 21.4 Å². The molecule has 0 radical (unpaired) electrons. The Kier molecular flexibility index (Phi) is 8.47. The van der Waals surface area contributed by atoms with Gasteiger partial charge in [0.2, 0.25) is 0 Å². The van der Waals surface area contributed by atoms with Crippen LogP contribution in [0.15, 0.2) is 34.5 Å². The normalized spacial score (nSPS) is 10.8. The topological polar surface area (TPSA) is 64.1 Å². The number of nitrogens with zero attached hydrogens (tertiary/aromatic N) is 2. The Labute approximate surface area is 178 Å². The van der Waals surface area contributed by atoms with Crippen molar-refractivity contribution in [3.8, 4) is 15.8 Å². The minimum atomic E-state index is -4.26. The van der Waals surface area contributed by atoms with Crippen molar-refractivity contribution in [2.45, 2.75) is 23.7 Å². The average molecular weight is 462 g/mol. The molecule has 0 atom stereocenters. The molecule has 1 aromatic carbocycles.